The lowest BCUT2D eigenvalue weighted by atomic mass is 10.1. The Morgan fingerprint density at radius 3 is 2.50 bits per heavy atom. The quantitative estimate of drug-likeness (QED) is 0.769. The number of alkyl halides is 3. The molecule has 0 saturated heterocycles. The van der Waals surface area contributed by atoms with Crippen molar-refractivity contribution in [2.45, 2.75) is 19.5 Å². The van der Waals surface area contributed by atoms with Crippen molar-refractivity contribution in [2.75, 3.05) is 11.1 Å². The van der Waals surface area contributed by atoms with Crippen LogP contribution in [0.15, 0.2) is 18.2 Å². The molecule has 1 rings (SSSR count). The Balaban J connectivity index is 2.87. The van der Waals surface area contributed by atoms with E-state index in [1.807, 2.05) is 6.92 Å². The SMILES string of the molecule is CCc1ccc(NC(=O)C(F)(F)F)c(N)c1. The van der Waals surface area contributed by atoms with Gasteiger partial charge in [-0.3, -0.25) is 4.79 Å². The van der Waals surface area contributed by atoms with Crippen LogP contribution in [0.1, 0.15) is 12.5 Å². The van der Waals surface area contributed by atoms with E-state index in [1.54, 1.807) is 11.4 Å². The highest BCUT2D eigenvalue weighted by Gasteiger charge is 2.38. The van der Waals surface area contributed by atoms with Crippen molar-refractivity contribution in [1.82, 2.24) is 0 Å². The minimum Gasteiger partial charge on any atom is -0.397 e. The molecule has 0 spiro atoms. The molecule has 0 saturated carbocycles. The van der Waals surface area contributed by atoms with Gasteiger partial charge in [-0.1, -0.05) is 13.0 Å². The molecule has 0 aliphatic carbocycles. The molecule has 16 heavy (non-hydrogen) atoms. The Kier molecular flexibility index (Phi) is 3.41. The molecule has 0 aromatic heterocycles. The fourth-order valence-corrected chi connectivity index (χ4v) is 1.14. The van der Waals surface area contributed by atoms with Gasteiger partial charge < -0.3 is 11.1 Å². The van der Waals surface area contributed by atoms with Gasteiger partial charge in [0, 0.05) is 0 Å². The van der Waals surface area contributed by atoms with Gasteiger partial charge in [-0.2, -0.15) is 13.2 Å². The second kappa shape index (κ2) is 4.42. The van der Waals surface area contributed by atoms with E-state index in [0.717, 1.165) is 12.0 Å². The van der Waals surface area contributed by atoms with Crippen molar-refractivity contribution < 1.29 is 18.0 Å². The van der Waals surface area contributed by atoms with Crippen molar-refractivity contribution in [3.05, 3.63) is 23.8 Å². The van der Waals surface area contributed by atoms with Gasteiger partial charge >= 0.3 is 12.1 Å². The van der Waals surface area contributed by atoms with Crippen LogP contribution in [-0.4, -0.2) is 12.1 Å². The van der Waals surface area contributed by atoms with Crippen LogP contribution in [0.5, 0.6) is 0 Å². The number of benzene rings is 1. The van der Waals surface area contributed by atoms with Crippen LogP contribution < -0.4 is 11.1 Å². The first-order valence-electron chi connectivity index (χ1n) is 4.61. The van der Waals surface area contributed by atoms with Crippen LogP contribution in [-0.2, 0) is 11.2 Å². The molecule has 0 bridgehead atoms. The summed E-state index contributed by atoms with van der Waals surface area (Å²) in [6.45, 7) is 1.89. The van der Waals surface area contributed by atoms with Crippen molar-refractivity contribution in [1.29, 1.82) is 0 Å². The van der Waals surface area contributed by atoms with E-state index in [1.165, 1.54) is 12.1 Å². The molecule has 88 valence electrons. The zero-order valence-corrected chi connectivity index (χ0v) is 8.56. The Morgan fingerprint density at radius 1 is 1.44 bits per heavy atom. The molecule has 0 radical (unpaired) electrons. The third-order valence-corrected chi connectivity index (χ3v) is 2.03. The van der Waals surface area contributed by atoms with Crippen LogP contribution in [0.2, 0.25) is 0 Å². The number of carbonyl (C=O) groups excluding carboxylic acids is 1. The van der Waals surface area contributed by atoms with Crippen LogP contribution in [0.4, 0.5) is 24.5 Å². The molecule has 1 aromatic carbocycles. The van der Waals surface area contributed by atoms with E-state index in [0.29, 0.717) is 0 Å². The summed E-state index contributed by atoms with van der Waals surface area (Å²) in [7, 11) is 0. The standard InChI is InChI=1S/C10H11F3N2O/c1-2-6-3-4-8(7(14)5-6)15-9(16)10(11,12)13/h3-5H,2,14H2,1H3,(H,15,16). The lowest BCUT2D eigenvalue weighted by Gasteiger charge is -2.10. The number of amides is 1. The molecule has 0 fully saturated rings. The number of aryl methyl sites for hydroxylation is 1. The maximum absolute atomic E-state index is 12.0. The predicted molar refractivity (Wildman–Crippen MR) is 54.9 cm³/mol. The Morgan fingerprint density at radius 2 is 2.06 bits per heavy atom. The van der Waals surface area contributed by atoms with Crippen molar-refractivity contribution in [3.8, 4) is 0 Å². The lowest BCUT2D eigenvalue weighted by molar-refractivity contribution is -0.167. The lowest BCUT2D eigenvalue weighted by Crippen LogP contribution is -2.30. The summed E-state index contributed by atoms with van der Waals surface area (Å²) in [5.74, 6) is -2.02. The maximum Gasteiger partial charge on any atom is 0.471 e. The molecular formula is C10H11F3N2O. The average Bonchev–Trinajstić information content (AvgIpc) is 2.19. The van der Waals surface area contributed by atoms with Crippen molar-refractivity contribution >= 4 is 17.3 Å². The number of nitrogen functional groups attached to an aromatic ring is 1. The molecule has 0 unspecified atom stereocenters. The number of rotatable bonds is 2. The van der Waals surface area contributed by atoms with Gasteiger partial charge in [0.25, 0.3) is 0 Å². The minimum atomic E-state index is -4.91. The molecule has 0 atom stereocenters. The molecular weight excluding hydrogens is 221 g/mol. The van der Waals surface area contributed by atoms with Crippen molar-refractivity contribution in [2.24, 2.45) is 0 Å². The van der Waals surface area contributed by atoms with E-state index >= 15 is 0 Å². The third-order valence-electron chi connectivity index (χ3n) is 2.03. The van der Waals surface area contributed by atoms with Gasteiger partial charge in [-0.15, -0.1) is 0 Å². The number of halogens is 3. The highest BCUT2D eigenvalue weighted by Crippen LogP contribution is 2.23. The monoisotopic (exact) mass is 232 g/mol. The minimum absolute atomic E-state index is 0.0282. The Hall–Kier alpha value is -1.72. The fourth-order valence-electron chi connectivity index (χ4n) is 1.14. The number of hydrogen-bond acceptors (Lipinski definition) is 2. The number of carbonyl (C=O) groups is 1. The van der Waals surface area contributed by atoms with E-state index in [-0.39, 0.29) is 11.4 Å². The van der Waals surface area contributed by atoms with Crippen LogP contribution in [0.25, 0.3) is 0 Å². The predicted octanol–water partition coefficient (Wildman–Crippen LogP) is 2.33. The number of nitrogens with one attached hydrogen (secondary N) is 1. The highest BCUT2D eigenvalue weighted by molar-refractivity contribution is 5.97. The van der Waals surface area contributed by atoms with Gasteiger partial charge in [0.05, 0.1) is 11.4 Å². The van der Waals surface area contributed by atoms with Crippen molar-refractivity contribution in [3.63, 3.8) is 0 Å². The van der Waals surface area contributed by atoms with Crippen LogP contribution in [0, 0.1) is 0 Å². The van der Waals surface area contributed by atoms with E-state index < -0.39 is 12.1 Å². The molecule has 1 aromatic rings. The molecule has 0 aliphatic rings. The van der Waals surface area contributed by atoms with E-state index in [9.17, 15) is 18.0 Å². The van der Waals surface area contributed by atoms with E-state index in [2.05, 4.69) is 0 Å². The third kappa shape index (κ3) is 2.88. The molecule has 1 amide bonds. The maximum atomic E-state index is 12.0. The number of hydrogen-bond donors (Lipinski definition) is 2. The summed E-state index contributed by atoms with van der Waals surface area (Å²) in [6.07, 6.45) is -4.19. The summed E-state index contributed by atoms with van der Waals surface area (Å²) in [4.78, 5) is 10.6. The molecule has 6 heteroatoms. The smallest absolute Gasteiger partial charge is 0.397 e. The zero-order chi connectivity index (χ0) is 12.3. The molecule has 3 N–H and O–H groups in total. The molecule has 0 heterocycles. The first-order chi connectivity index (χ1) is 7.34. The number of anilines is 2. The normalized spacial score (nSPS) is 11.2. The second-order valence-corrected chi connectivity index (χ2v) is 3.23. The summed E-state index contributed by atoms with van der Waals surface area (Å²) in [5.41, 5.74) is 6.49. The summed E-state index contributed by atoms with van der Waals surface area (Å²) >= 11 is 0. The second-order valence-electron chi connectivity index (χ2n) is 3.23. The van der Waals surface area contributed by atoms with E-state index in [4.69, 9.17) is 5.73 Å². The number of nitrogens with two attached hydrogens (primary N) is 1. The topological polar surface area (TPSA) is 55.1 Å². The van der Waals surface area contributed by atoms with Crippen LogP contribution >= 0.6 is 0 Å². The molecule has 3 nitrogen and oxygen atoms in total. The summed E-state index contributed by atoms with van der Waals surface area (Å²) in [5, 5.41) is 1.71. The summed E-state index contributed by atoms with van der Waals surface area (Å²) < 4.78 is 35.9. The van der Waals surface area contributed by atoms with Gasteiger partial charge in [-0.25, -0.2) is 0 Å². The Labute approximate surface area is 90.4 Å². The fraction of sp³-hybridized carbons (Fsp3) is 0.300. The van der Waals surface area contributed by atoms with Gasteiger partial charge in [0.1, 0.15) is 0 Å². The van der Waals surface area contributed by atoms with Gasteiger partial charge in [0.15, 0.2) is 0 Å². The highest BCUT2D eigenvalue weighted by atomic mass is 19.4. The zero-order valence-electron chi connectivity index (χ0n) is 8.56. The van der Waals surface area contributed by atoms with Crippen LogP contribution in [0.3, 0.4) is 0 Å². The molecule has 0 aliphatic heterocycles. The van der Waals surface area contributed by atoms with Gasteiger partial charge in [-0.05, 0) is 24.1 Å². The largest absolute Gasteiger partial charge is 0.471 e. The average molecular weight is 232 g/mol. The summed E-state index contributed by atoms with van der Waals surface area (Å²) in [6, 6.07) is 4.51. The first-order valence-corrected chi connectivity index (χ1v) is 4.61. The van der Waals surface area contributed by atoms with Gasteiger partial charge in [0.2, 0.25) is 0 Å². The Bertz CT molecular complexity index is 402. The first kappa shape index (κ1) is 12.4.